The lowest BCUT2D eigenvalue weighted by atomic mass is 9.96. The van der Waals surface area contributed by atoms with Gasteiger partial charge in [0.05, 0.1) is 0 Å². The van der Waals surface area contributed by atoms with Crippen molar-refractivity contribution < 1.29 is 22.6 Å². The lowest BCUT2D eigenvalue weighted by molar-refractivity contribution is -0.0674. The number of alkyl halides is 3. The molecule has 2 aliphatic rings. The standard InChI is InChI=1S/C19H18BrF3N4O2/c20-14-13(29-17(23)16(21)22)6-9(5-10-7-26-19(25)27-18(10)24)11-3-4-12(8-1-2-8)28-15(11)14/h3-4,6-8,12,16-17H,1-2,5H2,(H4,24,25,26,27). The summed E-state index contributed by atoms with van der Waals surface area (Å²) in [7, 11) is 0. The molecule has 1 saturated carbocycles. The van der Waals surface area contributed by atoms with Crippen LogP contribution in [0.1, 0.15) is 29.5 Å². The Morgan fingerprint density at radius 2 is 2.00 bits per heavy atom. The summed E-state index contributed by atoms with van der Waals surface area (Å²) in [5.41, 5.74) is 13.4. The third-order valence-corrected chi connectivity index (χ3v) is 5.59. The number of nitrogens with two attached hydrogens (primary N) is 2. The average Bonchev–Trinajstić information content (AvgIpc) is 3.52. The fraction of sp³-hybridized carbons (Fsp3) is 0.368. The van der Waals surface area contributed by atoms with Gasteiger partial charge in [-0.2, -0.15) is 9.37 Å². The van der Waals surface area contributed by atoms with Gasteiger partial charge in [-0.25, -0.2) is 13.8 Å². The van der Waals surface area contributed by atoms with E-state index in [-0.39, 0.29) is 34.5 Å². The first kappa shape index (κ1) is 19.8. The van der Waals surface area contributed by atoms with Crippen LogP contribution >= 0.6 is 15.9 Å². The molecule has 2 heterocycles. The van der Waals surface area contributed by atoms with Gasteiger partial charge in [0.25, 0.3) is 6.36 Å². The third kappa shape index (κ3) is 4.12. The summed E-state index contributed by atoms with van der Waals surface area (Å²) < 4.78 is 50.2. The Balaban J connectivity index is 1.75. The minimum absolute atomic E-state index is 0.0424. The van der Waals surface area contributed by atoms with Gasteiger partial charge in [0, 0.05) is 23.7 Å². The molecule has 2 atom stereocenters. The molecule has 0 radical (unpaired) electrons. The van der Waals surface area contributed by atoms with Gasteiger partial charge in [0.15, 0.2) is 0 Å². The lowest BCUT2D eigenvalue weighted by Gasteiger charge is -2.26. The van der Waals surface area contributed by atoms with Crippen LogP contribution in [0.4, 0.5) is 24.9 Å². The third-order valence-electron chi connectivity index (χ3n) is 4.84. The van der Waals surface area contributed by atoms with Crippen LogP contribution in [0.2, 0.25) is 0 Å². The second-order valence-electron chi connectivity index (χ2n) is 6.99. The van der Waals surface area contributed by atoms with E-state index < -0.39 is 12.8 Å². The summed E-state index contributed by atoms with van der Waals surface area (Å²) in [6.07, 6.45) is 1.59. The molecule has 1 aromatic heterocycles. The van der Waals surface area contributed by atoms with E-state index in [2.05, 4.69) is 25.9 Å². The summed E-state index contributed by atoms with van der Waals surface area (Å²) in [4.78, 5) is 7.87. The number of hydrogen-bond acceptors (Lipinski definition) is 6. The maximum absolute atomic E-state index is 13.6. The highest BCUT2D eigenvalue weighted by Gasteiger charge is 2.35. The van der Waals surface area contributed by atoms with Crippen LogP contribution in [-0.4, -0.2) is 28.9 Å². The van der Waals surface area contributed by atoms with E-state index in [0.29, 0.717) is 22.8 Å². The van der Waals surface area contributed by atoms with E-state index in [1.807, 2.05) is 12.2 Å². The average molecular weight is 471 g/mol. The van der Waals surface area contributed by atoms with E-state index in [9.17, 15) is 13.2 Å². The summed E-state index contributed by atoms with van der Waals surface area (Å²) in [5.74, 6) is 1.00. The summed E-state index contributed by atoms with van der Waals surface area (Å²) >= 11 is 3.32. The number of anilines is 2. The number of benzene rings is 1. The van der Waals surface area contributed by atoms with Crippen molar-refractivity contribution in [1.82, 2.24) is 9.97 Å². The van der Waals surface area contributed by atoms with E-state index in [1.165, 1.54) is 12.3 Å². The van der Waals surface area contributed by atoms with Crippen LogP contribution < -0.4 is 20.9 Å². The van der Waals surface area contributed by atoms with Crippen LogP contribution in [0.5, 0.6) is 11.5 Å². The first-order valence-electron chi connectivity index (χ1n) is 8.99. The van der Waals surface area contributed by atoms with Crippen LogP contribution in [0.25, 0.3) is 6.08 Å². The highest BCUT2D eigenvalue weighted by molar-refractivity contribution is 9.10. The van der Waals surface area contributed by atoms with E-state index in [1.54, 1.807) is 0 Å². The molecule has 4 N–H and O–H groups in total. The molecule has 154 valence electrons. The Bertz CT molecular complexity index is 969. The molecule has 0 amide bonds. The number of ether oxygens (including phenoxy) is 2. The van der Waals surface area contributed by atoms with Crippen molar-refractivity contribution in [2.45, 2.75) is 38.1 Å². The molecule has 6 nitrogen and oxygen atoms in total. The number of halogens is 4. The Kier molecular flexibility index (Phi) is 5.28. The molecule has 0 spiro atoms. The van der Waals surface area contributed by atoms with Crippen molar-refractivity contribution in [3.8, 4) is 11.5 Å². The van der Waals surface area contributed by atoms with Gasteiger partial charge < -0.3 is 20.9 Å². The summed E-state index contributed by atoms with van der Waals surface area (Å²) in [6.45, 7) is 0. The number of fused-ring (bicyclic) bond motifs is 1. The van der Waals surface area contributed by atoms with Crippen LogP contribution in [0.15, 0.2) is 22.8 Å². The number of nitrogen functional groups attached to an aromatic ring is 2. The SMILES string of the molecule is Nc1ncc(Cc2cc(OC(F)C(F)F)c(Br)c3c2C=CC(C2CC2)O3)c(N)n1. The quantitative estimate of drug-likeness (QED) is 0.658. The van der Waals surface area contributed by atoms with Crippen molar-refractivity contribution in [3.05, 3.63) is 39.5 Å². The van der Waals surface area contributed by atoms with Gasteiger partial charge in [-0.1, -0.05) is 6.08 Å². The fourth-order valence-electron chi connectivity index (χ4n) is 3.20. The van der Waals surface area contributed by atoms with Crippen molar-refractivity contribution in [1.29, 1.82) is 0 Å². The van der Waals surface area contributed by atoms with Gasteiger partial charge in [0.1, 0.15) is 27.9 Å². The lowest BCUT2D eigenvalue weighted by Crippen LogP contribution is -2.22. The molecule has 1 aliphatic carbocycles. The maximum atomic E-state index is 13.6. The number of aromatic nitrogens is 2. The van der Waals surface area contributed by atoms with Gasteiger partial charge in [0.2, 0.25) is 5.95 Å². The Labute approximate surface area is 173 Å². The van der Waals surface area contributed by atoms with Crippen molar-refractivity contribution in [3.63, 3.8) is 0 Å². The Morgan fingerprint density at radius 1 is 1.24 bits per heavy atom. The van der Waals surface area contributed by atoms with Crippen LogP contribution in [-0.2, 0) is 6.42 Å². The molecule has 0 saturated heterocycles. The zero-order valence-electron chi connectivity index (χ0n) is 15.1. The Hall–Kier alpha value is -2.49. The molecule has 10 heteroatoms. The first-order valence-corrected chi connectivity index (χ1v) is 9.78. The second kappa shape index (κ2) is 7.74. The molecule has 2 aromatic rings. The van der Waals surface area contributed by atoms with Gasteiger partial charge in [-0.15, -0.1) is 0 Å². The first-order chi connectivity index (χ1) is 13.8. The van der Waals surface area contributed by atoms with Crippen LogP contribution in [0, 0.1) is 5.92 Å². The fourth-order valence-corrected chi connectivity index (χ4v) is 3.71. The van der Waals surface area contributed by atoms with E-state index in [4.69, 9.17) is 20.9 Å². The number of nitrogens with zero attached hydrogens (tertiary/aromatic N) is 2. The van der Waals surface area contributed by atoms with Gasteiger partial charge in [-0.3, -0.25) is 0 Å². The van der Waals surface area contributed by atoms with E-state index in [0.717, 1.165) is 18.4 Å². The van der Waals surface area contributed by atoms with Crippen molar-refractivity contribution >= 4 is 33.8 Å². The molecule has 2 unspecified atom stereocenters. The molecule has 0 bridgehead atoms. The molecule has 29 heavy (non-hydrogen) atoms. The number of rotatable bonds is 6. The molecule has 1 aliphatic heterocycles. The van der Waals surface area contributed by atoms with Crippen molar-refractivity contribution in [2.75, 3.05) is 11.5 Å². The normalized spacial score (nSPS) is 19.0. The summed E-state index contributed by atoms with van der Waals surface area (Å²) in [5, 5.41) is 0. The maximum Gasteiger partial charge on any atom is 0.304 e. The highest BCUT2D eigenvalue weighted by Crippen LogP contribution is 2.47. The molecular weight excluding hydrogens is 453 g/mol. The highest BCUT2D eigenvalue weighted by atomic mass is 79.9. The predicted octanol–water partition coefficient (Wildman–Crippen LogP) is 4.12. The molecule has 1 fully saturated rings. The van der Waals surface area contributed by atoms with Crippen LogP contribution in [0.3, 0.4) is 0 Å². The Morgan fingerprint density at radius 3 is 2.66 bits per heavy atom. The zero-order valence-corrected chi connectivity index (χ0v) is 16.7. The van der Waals surface area contributed by atoms with Gasteiger partial charge in [-0.05, 0) is 52.4 Å². The monoisotopic (exact) mass is 470 g/mol. The number of hydrogen-bond donors (Lipinski definition) is 2. The molecule has 1 aromatic carbocycles. The predicted molar refractivity (Wildman–Crippen MR) is 106 cm³/mol. The smallest absolute Gasteiger partial charge is 0.304 e. The second-order valence-corrected chi connectivity index (χ2v) is 7.78. The summed E-state index contributed by atoms with van der Waals surface area (Å²) in [6, 6.07) is 1.48. The van der Waals surface area contributed by atoms with Gasteiger partial charge >= 0.3 is 6.43 Å². The topological polar surface area (TPSA) is 96.3 Å². The van der Waals surface area contributed by atoms with E-state index >= 15 is 0 Å². The minimum atomic E-state index is -3.28. The molecular formula is C19H18BrF3N4O2. The molecule has 4 rings (SSSR count). The van der Waals surface area contributed by atoms with Crippen molar-refractivity contribution in [2.24, 2.45) is 5.92 Å². The minimum Gasteiger partial charge on any atom is -0.484 e. The largest absolute Gasteiger partial charge is 0.484 e. The zero-order chi connectivity index (χ0) is 20.7.